The maximum atomic E-state index is 12.4. The zero-order valence-corrected chi connectivity index (χ0v) is 13.1. The molecule has 0 aromatic carbocycles. The van der Waals surface area contributed by atoms with Gasteiger partial charge in [-0.25, -0.2) is 0 Å². The summed E-state index contributed by atoms with van der Waals surface area (Å²) in [6.45, 7) is 8.66. The van der Waals surface area contributed by atoms with E-state index in [1.54, 1.807) is 0 Å². The molecule has 0 radical (unpaired) electrons. The van der Waals surface area contributed by atoms with E-state index >= 15 is 0 Å². The van der Waals surface area contributed by atoms with Crippen LogP contribution in [-0.4, -0.2) is 40.6 Å². The van der Waals surface area contributed by atoms with Gasteiger partial charge in [0.2, 0.25) is 5.91 Å². The minimum atomic E-state index is 0.0567. The third-order valence-electron chi connectivity index (χ3n) is 3.60. The number of hydrogen-bond donors (Lipinski definition) is 1. The van der Waals surface area contributed by atoms with Gasteiger partial charge in [-0.3, -0.25) is 10.1 Å². The number of carbonyl (C=O) groups excluding carboxylic acids is 1. The maximum Gasteiger partial charge on any atom is 0.241 e. The van der Waals surface area contributed by atoms with Gasteiger partial charge in [0.25, 0.3) is 0 Å². The van der Waals surface area contributed by atoms with Crippen molar-refractivity contribution >= 4 is 17.7 Å². The lowest BCUT2D eigenvalue weighted by molar-refractivity contribution is -0.132. The van der Waals surface area contributed by atoms with E-state index in [0.29, 0.717) is 11.9 Å². The topological polar surface area (TPSA) is 32.3 Å². The van der Waals surface area contributed by atoms with Crippen molar-refractivity contribution in [2.45, 2.75) is 71.6 Å². The van der Waals surface area contributed by atoms with Crippen LogP contribution in [0.5, 0.6) is 0 Å². The average molecular weight is 272 g/mol. The summed E-state index contributed by atoms with van der Waals surface area (Å²) in [5.41, 5.74) is 0. The average Bonchev–Trinajstić information content (AvgIpc) is 2.67. The lowest BCUT2D eigenvalue weighted by atomic mass is 10.1. The standard InChI is InChI=1S/C14H28N2OS/c1-5-8-12-14(17)16(13(6-2)15-12)11(4)9-10-18-7-3/h11-13,15H,5-10H2,1-4H3. The predicted octanol–water partition coefficient (Wildman–Crippen LogP) is 2.85. The van der Waals surface area contributed by atoms with Crippen LogP contribution in [0.1, 0.15) is 53.4 Å². The van der Waals surface area contributed by atoms with Gasteiger partial charge < -0.3 is 4.90 Å². The molecule has 3 nitrogen and oxygen atoms in total. The van der Waals surface area contributed by atoms with Crippen molar-refractivity contribution in [1.82, 2.24) is 10.2 Å². The summed E-state index contributed by atoms with van der Waals surface area (Å²) in [7, 11) is 0. The normalized spacial score (nSPS) is 25.8. The largest absolute Gasteiger partial charge is 0.323 e. The molecular weight excluding hydrogens is 244 g/mol. The van der Waals surface area contributed by atoms with Gasteiger partial charge in [-0.1, -0.05) is 27.2 Å². The highest BCUT2D eigenvalue weighted by atomic mass is 32.2. The van der Waals surface area contributed by atoms with Crippen molar-refractivity contribution in [3.63, 3.8) is 0 Å². The first-order chi connectivity index (χ1) is 8.65. The van der Waals surface area contributed by atoms with Gasteiger partial charge in [-0.2, -0.15) is 11.8 Å². The maximum absolute atomic E-state index is 12.4. The van der Waals surface area contributed by atoms with Crippen molar-refractivity contribution in [2.75, 3.05) is 11.5 Å². The Labute approximate surface area is 116 Å². The van der Waals surface area contributed by atoms with E-state index in [9.17, 15) is 4.79 Å². The highest BCUT2D eigenvalue weighted by molar-refractivity contribution is 7.99. The lowest BCUT2D eigenvalue weighted by Crippen LogP contribution is -2.43. The van der Waals surface area contributed by atoms with Crippen molar-refractivity contribution in [3.05, 3.63) is 0 Å². The third kappa shape index (κ3) is 3.89. The Morgan fingerprint density at radius 2 is 2.11 bits per heavy atom. The summed E-state index contributed by atoms with van der Waals surface area (Å²) < 4.78 is 0. The molecule has 106 valence electrons. The Morgan fingerprint density at radius 3 is 2.67 bits per heavy atom. The molecule has 3 unspecified atom stereocenters. The lowest BCUT2D eigenvalue weighted by Gasteiger charge is -2.29. The minimum Gasteiger partial charge on any atom is -0.323 e. The molecule has 0 aliphatic carbocycles. The Kier molecular flexibility index (Phi) is 7.08. The zero-order valence-electron chi connectivity index (χ0n) is 12.2. The van der Waals surface area contributed by atoms with Crippen LogP contribution in [0.25, 0.3) is 0 Å². The van der Waals surface area contributed by atoms with E-state index in [-0.39, 0.29) is 12.2 Å². The van der Waals surface area contributed by atoms with Crippen LogP contribution in [0.2, 0.25) is 0 Å². The summed E-state index contributed by atoms with van der Waals surface area (Å²) in [5, 5.41) is 3.48. The number of amides is 1. The molecule has 0 aromatic rings. The summed E-state index contributed by atoms with van der Waals surface area (Å²) in [5.74, 6) is 2.63. The SMILES string of the molecule is CCCC1NC(CC)N(C(C)CCSCC)C1=O. The Bertz CT molecular complexity index is 260. The fourth-order valence-electron chi connectivity index (χ4n) is 2.59. The Morgan fingerprint density at radius 1 is 1.39 bits per heavy atom. The van der Waals surface area contributed by atoms with Crippen LogP contribution in [0.15, 0.2) is 0 Å². The summed E-state index contributed by atoms with van der Waals surface area (Å²) in [4.78, 5) is 14.5. The number of nitrogens with one attached hydrogen (secondary N) is 1. The summed E-state index contributed by atoms with van der Waals surface area (Å²) in [6, 6.07) is 0.414. The molecule has 0 saturated carbocycles. The fraction of sp³-hybridized carbons (Fsp3) is 0.929. The molecule has 0 aromatic heterocycles. The molecule has 3 atom stereocenters. The van der Waals surface area contributed by atoms with E-state index in [4.69, 9.17) is 0 Å². The van der Waals surface area contributed by atoms with Gasteiger partial charge in [-0.15, -0.1) is 0 Å². The van der Waals surface area contributed by atoms with Crippen LogP contribution in [-0.2, 0) is 4.79 Å². The number of nitrogens with zero attached hydrogens (tertiary/aromatic N) is 1. The smallest absolute Gasteiger partial charge is 0.241 e. The molecule has 1 aliphatic rings. The summed E-state index contributed by atoms with van der Waals surface area (Å²) in [6.07, 6.45) is 4.37. The molecule has 4 heteroatoms. The molecule has 1 saturated heterocycles. The van der Waals surface area contributed by atoms with Crippen LogP contribution in [0, 0.1) is 0 Å². The van der Waals surface area contributed by atoms with Crippen LogP contribution >= 0.6 is 11.8 Å². The molecule has 18 heavy (non-hydrogen) atoms. The zero-order chi connectivity index (χ0) is 13.5. The van der Waals surface area contributed by atoms with Crippen LogP contribution < -0.4 is 5.32 Å². The van der Waals surface area contributed by atoms with Crippen molar-refractivity contribution < 1.29 is 4.79 Å². The molecule has 1 rings (SSSR count). The van der Waals surface area contributed by atoms with Gasteiger partial charge in [0.05, 0.1) is 12.2 Å². The quantitative estimate of drug-likeness (QED) is 0.690. The van der Waals surface area contributed by atoms with E-state index in [1.165, 1.54) is 0 Å². The first kappa shape index (κ1) is 15.8. The highest BCUT2D eigenvalue weighted by Gasteiger charge is 2.39. The molecule has 0 bridgehead atoms. The van der Waals surface area contributed by atoms with E-state index in [0.717, 1.165) is 37.2 Å². The van der Waals surface area contributed by atoms with Crippen molar-refractivity contribution in [1.29, 1.82) is 0 Å². The second-order valence-electron chi connectivity index (χ2n) is 5.01. The summed E-state index contributed by atoms with van der Waals surface area (Å²) >= 11 is 1.96. The number of thioether (sulfide) groups is 1. The molecule has 0 spiro atoms. The Hall–Kier alpha value is -0.220. The molecule has 1 N–H and O–H groups in total. The minimum absolute atomic E-state index is 0.0567. The van der Waals surface area contributed by atoms with Gasteiger partial charge in [0.1, 0.15) is 0 Å². The first-order valence-electron chi connectivity index (χ1n) is 7.31. The number of rotatable bonds is 8. The molecular formula is C14H28N2OS. The monoisotopic (exact) mass is 272 g/mol. The third-order valence-corrected chi connectivity index (χ3v) is 4.54. The molecule has 1 fully saturated rings. The second-order valence-corrected chi connectivity index (χ2v) is 6.41. The first-order valence-corrected chi connectivity index (χ1v) is 8.47. The van der Waals surface area contributed by atoms with Gasteiger partial charge in [0.15, 0.2) is 0 Å². The molecule has 1 aliphatic heterocycles. The highest BCUT2D eigenvalue weighted by Crippen LogP contribution is 2.22. The van der Waals surface area contributed by atoms with Crippen LogP contribution in [0.3, 0.4) is 0 Å². The van der Waals surface area contributed by atoms with Gasteiger partial charge in [-0.05, 0) is 37.7 Å². The van der Waals surface area contributed by atoms with Crippen molar-refractivity contribution in [3.8, 4) is 0 Å². The molecule has 1 heterocycles. The molecule has 1 amide bonds. The van der Waals surface area contributed by atoms with E-state index < -0.39 is 0 Å². The van der Waals surface area contributed by atoms with E-state index in [1.807, 2.05) is 11.8 Å². The second kappa shape index (κ2) is 8.05. The van der Waals surface area contributed by atoms with Crippen LogP contribution in [0.4, 0.5) is 0 Å². The van der Waals surface area contributed by atoms with Crippen molar-refractivity contribution in [2.24, 2.45) is 0 Å². The van der Waals surface area contributed by atoms with Gasteiger partial charge in [0, 0.05) is 6.04 Å². The van der Waals surface area contributed by atoms with E-state index in [2.05, 4.69) is 37.9 Å². The number of hydrogen-bond acceptors (Lipinski definition) is 3. The van der Waals surface area contributed by atoms with Gasteiger partial charge >= 0.3 is 0 Å². The Balaban J connectivity index is 2.57. The predicted molar refractivity (Wildman–Crippen MR) is 79.8 cm³/mol. The number of carbonyl (C=O) groups is 1. The fourth-order valence-corrected chi connectivity index (χ4v) is 3.39.